The number of hydrogen-bond donors (Lipinski definition) is 5. The highest BCUT2D eigenvalue weighted by Gasteiger charge is 2.35. The van der Waals surface area contributed by atoms with Gasteiger partial charge in [-0.3, -0.25) is 0 Å². The van der Waals surface area contributed by atoms with Gasteiger partial charge in [-0.05, 0) is 354 Å². The normalized spacial score (nSPS) is 14.9. The van der Waals surface area contributed by atoms with Gasteiger partial charge in [-0.15, -0.1) is 31.8 Å². The van der Waals surface area contributed by atoms with Crippen molar-refractivity contribution in [3.05, 3.63) is 309 Å². The van der Waals surface area contributed by atoms with Crippen molar-refractivity contribution in [2.45, 2.75) is 223 Å². The lowest BCUT2D eigenvalue weighted by atomic mass is 9.99. The Labute approximate surface area is 847 Å². The quantitative estimate of drug-likeness (QED) is 0.0279. The number of aliphatic hydroxyl groups is 3. The van der Waals surface area contributed by atoms with E-state index in [1.807, 2.05) is 133 Å². The molecule has 5 aliphatic carbocycles. The van der Waals surface area contributed by atoms with Gasteiger partial charge in [0.2, 0.25) is 12.4 Å². The van der Waals surface area contributed by atoms with Crippen molar-refractivity contribution in [3.8, 4) is 12.1 Å². The van der Waals surface area contributed by atoms with E-state index in [-0.39, 0.29) is 53.3 Å². The highest BCUT2D eigenvalue weighted by atomic mass is 79.9. The van der Waals surface area contributed by atoms with Gasteiger partial charge in [0.05, 0.1) is 82.3 Å². The number of carboxylic acid groups (broad SMARTS) is 2. The number of cyclic esters (lactones) is 5. The summed E-state index contributed by atoms with van der Waals surface area (Å²) in [6.07, 6.45) is 14.8. The van der Waals surface area contributed by atoms with Crippen LogP contribution in [0.5, 0.6) is 0 Å². The second kappa shape index (κ2) is 53.6. The van der Waals surface area contributed by atoms with E-state index in [0.29, 0.717) is 69.7 Å². The van der Waals surface area contributed by atoms with Crippen LogP contribution in [0.2, 0.25) is 0 Å². The number of ether oxygens (including phenoxy) is 7. The predicted octanol–water partition coefficient (Wildman–Crippen LogP) is 22.9. The number of methoxy groups -OCH3 is 2. The first-order valence-corrected chi connectivity index (χ1v) is 52.6. The average Bonchev–Trinajstić information content (AvgIpc) is 1.61. The lowest BCUT2D eigenvalue weighted by molar-refractivity contribution is -0.0548. The number of hydrogen-bond acceptors (Lipinski definition) is 21. The lowest BCUT2D eigenvalue weighted by Crippen LogP contribution is -2.13. The third-order valence-electron chi connectivity index (χ3n) is 23.7. The van der Waals surface area contributed by atoms with E-state index in [9.17, 15) is 48.3 Å². The minimum Gasteiger partial charge on any atom is -0.478 e. The van der Waals surface area contributed by atoms with Crippen LogP contribution in [-0.2, 0) is 150 Å². The third kappa shape index (κ3) is 29.8. The fourth-order valence-corrected chi connectivity index (χ4v) is 19.0. The number of aryl methyl sites for hydroxylation is 16. The Morgan fingerprint density at radius 2 is 0.713 bits per heavy atom. The number of alkyl halides is 7. The molecule has 5 aliphatic heterocycles. The Kier molecular flexibility index (Phi) is 44.0. The monoisotopic (exact) mass is 2230 g/mol. The molecule has 2 unspecified atom stereocenters. The summed E-state index contributed by atoms with van der Waals surface area (Å²) in [4.78, 5) is 101. The van der Waals surface area contributed by atoms with E-state index >= 15 is 0 Å². The molecule has 0 saturated heterocycles. The zero-order valence-electron chi connectivity index (χ0n) is 78.0. The Morgan fingerprint density at radius 3 is 1.11 bits per heavy atom. The molecule has 23 nitrogen and oxygen atoms in total. The standard InChI is InChI=1S/C12H9NO2.C11H11Br3O2.C11H10O3.C11H12O3.2C11H10O2.C11H14O2.C10H8Br2O2.C10H12O2.C4H7NO.C2H7P.CH2Cl2/c13-6-11-9-4-7-2-1-3-8(7)5-10(9)12(14)15-11;1-16-11(15)10-3-8(5-13)7(4-12)2-9(10)6-14;12-10-8-4-6-2-1-3-7(6)5-9(8)11(13)14-10;12-6-9-4-7-2-1-3-8(7)5-10(9)11(13)14;2*12-11-10-5-8-3-1-2-7(8)4-9(10)6-13-11;1-7-5-9(3)10(6-8(7)2)11(12)13-4;11-3-6-1-8-5-14-10(13)9(8)2-7(6)4-12;1-6-4-8(3)9(10(11)12)5-7(6)2;1-4(2,6)3-5;1-3-2;2-1-3/h4-5,11H,1-3H2;2-3H,4-6H2,1H3;4-5,10,12H,1-3H2;4-5,12H,1-3,6H2,(H,13,14);2*4-5H,1-3,6H2;5-6H,1-4H3;1-2H,3-5H2;4-5H,1-3H3,(H,11,12);6H,1-2H3;3H,1-2H3;1H2. The van der Waals surface area contributed by atoms with E-state index in [0.717, 1.165) is 197 Å². The molecule has 0 fully saturated rings. The summed E-state index contributed by atoms with van der Waals surface area (Å²) >= 11 is 26.6. The Morgan fingerprint density at radius 1 is 0.404 bits per heavy atom. The number of rotatable bonds is 10. The SMILES string of the molecule is CC(C)(O)C#N.COC(=O)c1cc(C)c(C)cc1C.COC(=O)c1cc(CBr)c(CBr)cc1CBr.CPC.Cc1cc(C)c(C(=O)O)cc1C.ClCCl.N#CC1OC(=O)c2cc3c(cc21)CCC3.O=C(O)c1cc2c(cc1CO)CCC2.O=C1OC(O)c2cc3c(cc21)CCC3.O=C1OCc2cc(CBr)c(CBr)cc21.O=C1OCc2cc3c(cc21)CCC3.O=C1OCc2cc3c(cc21)CCC3. The first kappa shape index (κ1) is 112. The average molecular weight is 2240 g/mol. The van der Waals surface area contributed by atoms with Crippen LogP contribution in [0, 0.1) is 64.2 Å². The van der Waals surface area contributed by atoms with Crippen LogP contribution in [0.3, 0.4) is 0 Å². The molecule has 5 N–H and O–H groups in total. The van der Waals surface area contributed by atoms with Gasteiger partial charge < -0.3 is 58.7 Å². The summed E-state index contributed by atoms with van der Waals surface area (Å²) in [5, 5.41) is 65.3. The van der Waals surface area contributed by atoms with Crippen molar-refractivity contribution >= 4 is 165 Å². The number of carboxylic acids is 2. The zero-order valence-corrected chi connectivity index (χ0v) is 88.5. The summed E-state index contributed by atoms with van der Waals surface area (Å²) in [6, 6.07) is 38.5. The maximum atomic E-state index is 11.6. The van der Waals surface area contributed by atoms with E-state index in [1.54, 1.807) is 18.2 Å². The van der Waals surface area contributed by atoms with Crippen molar-refractivity contribution in [3.63, 3.8) is 0 Å². The Bertz CT molecular complexity index is 5950. The molecule has 0 aromatic heterocycles. The number of benzene rings is 9. The van der Waals surface area contributed by atoms with Gasteiger partial charge in [0.1, 0.15) is 31.5 Å². The van der Waals surface area contributed by atoms with Crippen molar-refractivity contribution in [2.24, 2.45) is 0 Å². The van der Waals surface area contributed by atoms with E-state index in [4.69, 9.17) is 82.6 Å². The summed E-state index contributed by atoms with van der Waals surface area (Å²) < 4.78 is 34.0. The van der Waals surface area contributed by atoms with E-state index < -0.39 is 35.9 Å². The molecular formula is C105H112Br5Cl2N2O21P. The maximum Gasteiger partial charge on any atom is 0.341 e. The molecule has 0 radical (unpaired) electrons. The van der Waals surface area contributed by atoms with Gasteiger partial charge in [-0.1, -0.05) is 122 Å². The third-order valence-corrected chi connectivity index (χ3v) is 26.8. The van der Waals surface area contributed by atoms with Gasteiger partial charge in [0.25, 0.3) is 0 Å². The number of nitrogens with zero attached hydrogens (tertiary/aromatic N) is 2. The molecule has 0 saturated carbocycles. The number of halogens is 7. The summed E-state index contributed by atoms with van der Waals surface area (Å²) in [7, 11) is 3.88. The zero-order chi connectivity index (χ0) is 100. The molecule has 0 spiro atoms. The van der Waals surface area contributed by atoms with E-state index in [2.05, 4.69) is 110 Å². The highest BCUT2D eigenvalue weighted by molar-refractivity contribution is 9.09. The van der Waals surface area contributed by atoms with Crippen LogP contribution in [0.25, 0.3) is 0 Å². The topological polar surface area (TPSA) is 367 Å². The second-order valence-corrected chi connectivity index (χ2v) is 38.3. The fraction of sp³-hybridized carbons (Fsp3) is 0.381. The molecule has 5 heterocycles. The summed E-state index contributed by atoms with van der Waals surface area (Å²) in [5.41, 5.74) is 33.9. The van der Waals surface area contributed by atoms with Crippen LogP contribution in [0.4, 0.5) is 0 Å². The molecule has 31 heteroatoms. The molecule has 10 aliphatic rings. The fourth-order valence-electron chi connectivity index (χ4n) is 16.4. The Hall–Kier alpha value is -9.52. The van der Waals surface area contributed by atoms with Gasteiger partial charge in [0.15, 0.2) is 0 Å². The second-order valence-electron chi connectivity index (χ2n) is 33.7. The van der Waals surface area contributed by atoms with Crippen LogP contribution in [-0.4, -0.2) is 118 Å². The number of carbonyl (C=O) groups excluding carboxylic acids is 7. The number of carbonyl (C=O) groups is 9. The minimum absolute atomic E-state index is 0.148. The molecule has 19 rings (SSSR count). The smallest absolute Gasteiger partial charge is 0.341 e. The highest BCUT2D eigenvalue weighted by Crippen LogP contribution is 2.39. The predicted molar refractivity (Wildman–Crippen MR) is 542 cm³/mol. The van der Waals surface area contributed by atoms with Crippen LogP contribution in [0.15, 0.2) is 109 Å². The van der Waals surface area contributed by atoms with Crippen LogP contribution < -0.4 is 0 Å². The van der Waals surface area contributed by atoms with Gasteiger partial charge in [0, 0.05) is 54.5 Å². The molecular weight excluding hydrogens is 2130 g/mol. The number of aromatic carboxylic acids is 2. The number of esters is 7. The minimum atomic E-state index is -1.15. The van der Waals surface area contributed by atoms with E-state index in [1.165, 1.54) is 108 Å². The Balaban J connectivity index is 0.000000185. The number of aliphatic hydroxyl groups excluding tert-OH is 2. The van der Waals surface area contributed by atoms with Gasteiger partial charge in [-0.25, -0.2) is 43.2 Å². The molecule has 0 bridgehead atoms. The summed E-state index contributed by atoms with van der Waals surface area (Å²) in [5.74, 6) is -3.62. The van der Waals surface area contributed by atoms with Crippen LogP contribution in [0.1, 0.15) is 302 Å². The van der Waals surface area contributed by atoms with Gasteiger partial charge >= 0.3 is 53.7 Å². The first-order valence-electron chi connectivity index (χ1n) is 44.0. The number of fused-ring (bicyclic) bond motifs is 10. The summed E-state index contributed by atoms with van der Waals surface area (Å²) in [6.45, 7) is 20.0. The molecule has 2 atom stereocenters. The molecule has 0 amide bonds. The largest absolute Gasteiger partial charge is 0.478 e. The van der Waals surface area contributed by atoms with Crippen LogP contribution >= 0.6 is 111 Å². The van der Waals surface area contributed by atoms with Crippen molar-refractivity contribution in [2.75, 3.05) is 32.9 Å². The maximum absolute atomic E-state index is 11.6. The first-order chi connectivity index (χ1) is 64.8. The van der Waals surface area contributed by atoms with Crippen molar-refractivity contribution < 1.29 is 102 Å². The molecule has 9 aromatic carbocycles. The van der Waals surface area contributed by atoms with Crippen molar-refractivity contribution in [1.82, 2.24) is 0 Å². The molecule has 136 heavy (non-hydrogen) atoms. The molecule has 9 aromatic rings. The molecule has 722 valence electrons. The van der Waals surface area contributed by atoms with Gasteiger partial charge in [-0.2, -0.15) is 10.5 Å². The van der Waals surface area contributed by atoms with Crippen molar-refractivity contribution in [1.29, 1.82) is 10.5 Å². The lowest BCUT2D eigenvalue weighted by Gasteiger charge is -2.11. The number of nitriles is 2.